The first-order valence-electron chi connectivity index (χ1n) is 4.98. The van der Waals surface area contributed by atoms with Crippen LogP contribution in [0.5, 0.6) is 0 Å². The Morgan fingerprint density at radius 1 is 1.18 bits per heavy atom. The van der Waals surface area contributed by atoms with E-state index in [-0.39, 0.29) is 5.03 Å². The predicted molar refractivity (Wildman–Crippen MR) is 64.5 cm³/mol. The summed E-state index contributed by atoms with van der Waals surface area (Å²) in [6.45, 7) is 0. The van der Waals surface area contributed by atoms with Crippen molar-refractivity contribution in [3.05, 3.63) is 30.6 Å². The average Bonchev–Trinajstić information content (AvgIpc) is 2.65. The number of rotatable bonds is 1. The predicted octanol–water partition coefficient (Wildman–Crippen LogP) is 1.51. The number of fused-ring (bicyclic) bond motifs is 3. The molecule has 0 saturated carbocycles. The number of hydrogen-bond acceptors (Lipinski definition) is 4. The molecule has 0 amide bonds. The number of nitrogens with one attached hydrogen (secondary N) is 1. The summed E-state index contributed by atoms with van der Waals surface area (Å²) in [6, 6.07) is 5.05. The highest BCUT2D eigenvalue weighted by atomic mass is 32.2. The molecule has 0 bridgehead atoms. The summed E-state index contributed by atoms with van der Waals surface area (Å²) in [5.41, 5.74) is 2.34. The summed E-state index contributed by atoms with van der Waals surface area (Å²) < 4.78 is 22.9. The summed E-state index contributed by atoms with van der Waals surface area (Å²) in [5.74, 6) is 0. The van der Waals surface area contributed by atoms with Gasteiger partial charge >= 0.3 is 0 Å². The van der Waals surface area contributed by atoms with Crippen molar-refractivity contribution in [2.24, 2.45) is 0 Å². The van der Waals surface area contributed by atoms with Crippen LogP contribution in [0.3, 0.4) is 0 Å². The van der Waals surface area contributed by atoms with E-state index in [1.807, 2.05) is 6.07 Å². The van der Waals surface area contributed by atoms with Crippen LogP contribution >= 0.6 is 0 Å². The van der Waals surface area contributed by atoms with Gasteiger partial charge in [-0.15, -0.1) is 0 Å². The molecule has 0 saturated heterocycles. The van der Waals surface area contributed by atoms with Crippen molar-refractivity contribution in [3.8, 4) is 0 Å². The molecule has 0 aliphatic carbocycles. The second-order valence-electron chi connectivity index (χ2n) is 3.86. The zero-order valence-corrected chi connectivity index (χ0v) is 9.82. The number of nitrogens with zero attached hydrogens (tertiary/aromatic N) is 2. The Hall–Kier alpha value is -1.95. The molecule has 0 aliphatic heterocycles. The third-order valence-electron chi connectivity index (χ3n) is 2.60. The topological polar surface area (TPSA) is 75.7 Å². The highest BCUT2D eigenvalue weighted by Gasteiger charge is 2.12. The molecule has 1 N–H and O–H groups in total. The van der Waals surface area contributed by atoms with E-state index in [4.69, 9.17) is 0 Å². The van der Waals surface area contributed by atoms with E-state index in [0.717, 1.165) is 22.7 Å². The molecule has 0 unspecified atom stereocenters. The SMILES string of the molecule is CS(=O)(=O)c1ccc2[nH]c3ccncc3c2n1. The van der Waals surface area contributed by atoms with Crippen LogP contribution in [-0.4, -0.2) is 29.6 Å². The van der Waals surface area contributed by atoms with Gasteiger partial charge in [0.15, 0.2) is 14.9 Å². The summed E-state index contributed by atoms with van der Waals surface area (Å²) in [5, 5.41) is 0.905. The molecule has 0 atom stereocenters. The minimum atomic E-state index is -3.29. The summed E-state index contributed by atoms with van der Waals surface area (Å²) >= 11 is 0. The number of aromatic amines is 1. The molecule has 6 heteroatoms. The second-order valence-corrected chi connectivity index (χ2v) is 5.83. The maximum atomic E-state index is 11.4. The van der Waals surface area contributed by atoms with Crippen LogP contribution in [0.15, 0.2) is 35.6 Å². The quantitative estimate of drug-likeness (QED) is 0.707. The van der Waals surface area contributed by atoms with Crippen LogP contribution in [0, 0.1) is 0 Å². The van der Waals surface area contributed by atoms with E-state index < -0.39 is 9.84 Å². The molecule has 3 rings (SSSR count). The third-order valence-corrected chi connectivity index (χ3v) is 3.58. The lowest BCUT2D eigenvalue weighted by atomic mass is 10.3. The second kappa shape index (κ2) is 3.27. The Labute approximate surface area is 97.4 Å². The standard InChI is InChI=1S/C11H9N3O2S/c1-17(15,16)10-3-2-9-11(14-10)7-6-12-5-4-8(7)13-9/h2-6,13H,1H3. The van der Waals surface area contributed by atoms with Gasteiger partial charge in [-0.3, -0.25) is 4.98 Å². The molecule has 0 aliphatic rings. The van der Waals surface area contributed by atoms with E-state index >= 15 is 0 Å². The van der Waals surface area contributed by atoms with Crippen molar-refractivity contribution in [1.29, 1.82) is 0 Å². The fourth-order valence-electron chi connectivity index (χ4n) is 1.79. The minimum Gasteiger partial charge on any atom is -0.353 e. The Morgan fingerprint density at radius 3 is 2.76 bits per heavy atom. The summed E-state index contributed by atoms with van der Waals surface area (Å²) in [7, 11) is -3.29. The van der Waals surface area contributed by atoms with E-state index in [1.54, 1.807) is 18.5 Å². The lowest BCUT2D eigenvalue weighted by Crippen LogP contribution is -1.99. The Bertz CT molecular complexity index is 821. The van der Waals surface area contributed by atoms with Gasteiger partial charge in [-0.05, 0) is 18.2 Å². The fraction of sp³-hybridized carbons (Fsp3) is 0.0909. The zero-order valence-electron chi connectivity index (χ0n) is 9.01. The van der Waals surface area contributed by atoms with E-state index in [2.05, 4.69) is 15.0 Å². The molecule has 5 nitrogen and oxygen atoms in total. The van der Waals surface area contributed by atoms with Crippen molar-refractivity contribution < 1.29 is 8.42 Å². The maximum absolute atomic E-state index is 11.4. The molecule has 0 spiro atoms. The van der Waals surface area contributed by atoms with E-state index in [0.29, 0.717) is 5.52 Å². The van der Waals surface area contributed by atoms with Crippen LogP contribution < -0.4 is 0 Å². The zero-order chi connectivity index (χ0) is 12.0. The molecule has 3 aromatic heterocycles. The van der Waals surface area contributed by atoms with Gasteiger partial charge < -0.3 is 4.98 Å². The van der Waals surface area contributed by atoms with Crippen molar-refractivity contribution in [2.75, 3.05) is 6.26 Å². The Morgan fingerprint density at radius 2 is 2.00 bits per heavy atom. The highest BCUT2D eigenvalue weighted by molar-refractivity contribution is 7.90. The Balaban J connectivity index is 2.46. The molecule has 0 fully saturated rings. The lowest BCUT2D eigenvalue weighted by Gasteiger charge is -1.96. The summed E-state index contributed by atoms with van der Waals surface area (Å²) in [6.07, 6.45) is 4.50. The molecular weight excluding hydrogens is 238 g/mol. The van der Waals surface area contributed by atoms with E-state index in [9.17, 15) is 8.42 Å². The van der Waals surface area contributed by atoms with Crippen molar-refractivity contribution >= 4 is 31.8 Å². The van der Waals surface area contributed by atoms with Gasteiger partial charge in [-0.2, -0.15) is 0 Å². The normalized spacial score (nSPS) is 12.3. The van der Waals surface area contributed by atoms with Crippen molar-refractivity contribution in [3.63, 3.8) is 0 Å². The molecular formula is C11H9N3O2S. The van der Waals surface area contributed by atoms with Gasteiger partial charge in [0.2, 0.25) is 0 Å². The molecule has 0 aromatic carbocycles. The van der Waals surface area contributed by atoms with Gasteiger partial charge in [0, 0.05) is 24.0 Å². The smallest absolute Gasteiger partial charge is 0.192 e. The molecule has 86 valence electrons. The molecule has 0 radical (unpaired) electrons. The van der Waals surface area contributed by atoms with Crippen LogP contribution in [0.1, 0.15) is 0 Å². The van der Waals surface area contributed by atoms with E-state index in [1.165, 1.54) is 6.07 Å². The molecule has 3 aromatic rings. The van der Waals surface area contributed by atoms with Crippen LogP contribution in [0.4, 0.5) is 0 Å². The van der Waals surface area contributed by atoms with Crippen LogP contribution in [0.2, 0.25) is 0 Å². The first-order chi connectivity index (χ1) is 8.05. The van der Waals surface area contributed by atoms with Crippen molar-refractivity contribution in [2.45, 2.75) is 5.03 Å². The van der Waals surface area contributed by atoms with Gasteiger partial charge in [0.25, 0.3) is 0 Å². The number of hydrogen-bond donors (Lipinski definition) is 1. The maximum Gasteiger partial charge on any atom is 0.192 e. The largest absolute Gasteiger partial charge is 0.353 e. The number of aromatic nitrogens is 3. The van der Waals surface area contributed by atoms with Crippen LogP contribution in [0.25, 0.3) is 21.9 Å². The van der Waals surface area contributed by atoms with Gasteiger partial charge in [0.05, 0.1) is 16.6 Å². The lowest BCUT2D eigenvalue weighted by molar-refractivity contribution is 0.599. The third kappa shape index (κ3) is 1.57. The molecule has 17 heavy (non-hydrogen) atoms. The monoisotopic (exact) mass is 247 g/mol. The van der Waals surface area contributed by atoms with Crippen molar-refractivity contribution in [1.82, 2.24) is 15.0 Å². The highest BCUT2D eigenvalue weighted by Crippen LogP contribution is 2.23. The summed E-state index contributed by atoms with van der Waals surface area (Å²) in [4.78, 5) is 11.4. The number of H-pyrrole nitrogens is 1. The average molecular weight is 247 g/mol. The first-order valence-corrected chi connectivity index (χ1v) is 6.87. The minimum absolute atomic E-state index is 0.0785. The van der Waals surface area contributed by atoms with Gasteiger partial charge in [-0.25, -0.2) is 13.4 Å². The number of pyridine rings is 2. The van der Waals surface area contributed by atoms with Crippen LogP contribution in [-0.2, 0) is 9.84 Å². The number of sulfone groups is 1. The molecule has 3 heterocycles. The first kappa shape index (κ1) is 10.2. The van der Waals surface area contributed by atoms with Gasteiger partial charge in [-0.1, -0.05) is 0 Å². The fourth-order valence-corrected chi connectivity index (χ4v) is 2.36. The van der Waals surface area contributed by atoms with Gasteiger partial charge in [0.1, 0.15) is 0 Å². The Kier molecular flexibility index (Phi) is 1.97.